The molecule has 0 saturated heterocycles. The zero-order valence-corrected chi connectivity index (χ0v) is 14.8. The van der Waals surface area contributed by atoms with E-state index < -0.39 is 11.5 Å². The minimum atomic E-state index is -0.868. The van der Waals surface area contributed by atoms with Crippen molar-refractivity contribution in [2.45, 2.75) is 83.6 Å². The summed E-state index contributed by atoms with van der Waals surface area (Å²) in [6.45, 7) is 4.15. The quantitative estimate of drug-likeness (QED) is 0.510. The summed E-state index contributed by atoms with van der Waals surface area (Å²) in [5.74, 6) is -0.868. The molecule has 0 aromatic heterocycles. The van der Waals surface area contributed by atoms with E-state index in [9.17, 15) is 9.90 Å². The molecule has 0 heterocycles. The van der Waals surface area contributed by atoms with Gasteiger partial charge in [0.15, 0.2) is 0 Å². The van der Waals surface area contributed by atoms with Crippen molar-refractivity contribution in [1.29, 1.82) is 0 Å². The van der Waals surface area contributed by atoms with E-state index in [1.54, 1.807) is 0 Å². The van der Waals surface area contributed by atoms with Crippen LogP contribution in [0.2, 0.25) is 0 Å². The largest absolute Gasteiger partial charge is 0.544 e. The lowest BCUT2D eigenvalue weighted by molar-refractivity contribution is -0.923. The zero-order chi connectivity index (χ0) is 16.1. The fourth-order valence-corrected chi connectivity index (χ4v) is 4.30. The Hall–Kier alpha value is -0.570. The predicted molar refractivity (Wildman–Crippen MR) is 85.7 cm³/mol. The first-order valence-electron chi connectivity index (χ1n) is 8.74. The summed E-state index contributed by atoms with van der Waals surface area (Å²) in [5.41, 5.74) is -0.907. The number of aliphatic carboxylic acids is 1. The van der Waals surface area contributed by atoms with Crippen LogP contribution in [0.25, 0.3) is 0 Å². The van der Waals surface area contributed by atoms with Crippen LogP contribution < -0.4 is 5.11 Å². The molecule has 1 fully saturated rings. The predicted octanol–water partition coefficient (Wildman–Crippen LogP) is 3.12. The molecule has 0 spiro atoms. The third-order valence-corrected chi connectivity index (χ3v) is 6.09. The first-order chi connectivity index (χ1) is 9.71. The summed E-state index contributed by atoms with van der Waals surface area (Å²) < 4.78 is 0.448. The van der Waals surface area contributed by atoms with E-state index in [0.717, 1.165) is 38.5 Å². The molecule has 0 bridgehead atoms. The second kappa shape index (κ2) is 7.13. The lowest BCUT2D eigenvalue weighted by Gasteiger charge is -2.57. The Kier molecular flexibility index (Phi) is 6.27. The van der Waals surface area contributed by atoms with Gasteiger partial charge in [-0.05, 0) is 26.2 Å². The molecule has 21 heavy (non-hydrogen) atoms. The highest BCUT2D eigenvalue weighted by Crippen LogP contribution is 2.52. The first-order valence-corrected chi connectivity index (χ1v) is 8.74. The molecule has 3 nitrogen and oxygen atoms in total. The Morgan fingerprint density at radius 1 is 1.10 bits per heavy atom. The maximum atomic E-state index is 12.1. The summed E-state index contributed by atoms with van der Waals surface area (Å²) >= 11 is 0. The molecule has 0 aliphatic heterocycles. The van der Waals surface area contributed by atoms with Crippen LogP contribution in [-0.4, -0.2) is 37.1 Å². The smallest absolute Gasteiger partial charge is 0.141 e. The molecule has 124 valence electrons. The first kappa shape index (κ1) is 18.5. The minimum absolute atomic E-state index is 0.101. The lowest BCUT2D eigenvalue weighted by Crippen LogP contribution is -2.72. The van der Waals surface area contributed by atoms with E-state index in [-0.39, 0.29) is 5.41 Å². The van der Waals surface area contributed by atoms with Crippen LogP contribution in [-0.2, 0) is 4.79 Å². The second-order valence-corrected chi connectivity index (χ2v) is 8.02. The van der Waals surface area contributed by atoms with E-state index in [1.807, 2.05) is 28.1 Å². The summed E-state index contributed by atoms with van der Waals surface area (Å²) in [6.07, 6.45) is 11.5. The number of carboxylic acid groups (broad SMARTS) is 1. The van der Waals surface area contributed by atoms with E-state index in [1.165, 1.54) is 25.7 Å². The molecule has 1 aliphatic carbocycles. The monoisotopic (exact) mass is 297 g/mol. The second-order valence-electron chi connectivity index (χ2n) is 8.02. The van der Waals surface area contributed by atoms with Gasteiger partial charge in [-0.3, -0.25) is 0 Å². The maximum Gasteiger partial charge on any atom is 0.141 e. The normalized spacial score (nSPS) is 21.8. The van der Waals surface area contributed by atoms with Crippen LogP contribution in [0.3, 0.4) is 0 Å². The van der Waals surface area contributed by atoms with Gasteiger partial charge in [-0.25, -0.2) is 0 Å². The standard InChI is InChI=1S/C18H35NO2/c1-6-7-8-10-13-18(14-11-9-12-15-18)17(2,16(20)21)19(3,4)5/h6-15H2,1-5H3. The number of hydrogen-bond acceptors (Lipinski definition) is 2. The van der Waals surface area contributed by atoms with Gasteiger partial charge in [0, 0.05) is 5.41 Å². The fourth-order valence-electron chi connectivity index (χ4n) is 4.30. The third kappa shape index (κ3) is 3.61. The molecule has 0 aromatic rings. The lowest BCUT2D eigenvalue weighted by atomic mass is 9.58. The van der Waals surface area contributed by atoms with Gasteiger partial charge < -0.3 is 14.4 Å². The van der Waals surface area contributed by atoms with Gasteiger partial charge in [-0.1, -0.05) is 51.9 Å². The van der Waals surface area contributed by atoms with Crippen LogP contribution in [0.4, 0.5) is 0 Å². The molecule has 0 radical (unpaired) electrons. The summed E-state index contributed by atoms with van der Waals surface area (Å²) in [7, 11) is 6.04. The Morgan fingerprint density at radius 2 is 1.67 bits per heavy atom. The molecular formula is C18H35NO2. The van der Waals surface area contributed by atoms with Crippen molar-refractivity contribution in [2.75, 3.05) is 21.1 Å². The van der Waals surface area contributed by atoms with Gasteiger partial charge >= 0.3 is 0 Å². The molecule has 1 aliphatic rings. The highest BCUT2D eigenvalue weighted by atomic mass is 16.4. The Labute approximate surface area is 131 Å². The Morgan fingerprint density at radius 3 is 2.10 bits per heavy atom. The summed E-state index contributed by atoms with van der Waals surface area (Å²) in [6, 6.07) is 0. The number of unbranched alkanes of at least 4 members (excludes halogenated alkanes) is 3. The molecular weight excluding hydrogens is 262 g/mol. The molecule has 0 aromatic carbocycles. The maximum absolute atomic E-state index is 12.1. The SMILES string of the molecule is CCCCCCC1(C(C)(C(=O)[O-])[N+](C)(C)C)CCCCC1. The van der Waals surface area contributed by atoms with Crippen molar-refractivity contribution in [2.24, 2.45) is 5.41 Å². The Balaban J connectivity index is 3.05. The van der Waals surface area contributed by atoms with Gasteiger partial charge in [0.25, 0.3) is 0 Å². The van der Waals surface area contributed by atoms with Gasteiger partial charge in [-0.15, -0.1) is 0 Å². The van der Waals surface area contributed by atoms with E-state index >= 15 is 0 Å². The van der Waals surface area contributed by atoms with E-state index in [4.69, 9.17) is 0 Å². The van der Waals surface area contributed by atoms with E-state index in [2.05, 4.69) is 6.92 Å². The van der Waals surface area contributed by atoms with Gasteiger partial charge in [0.1, 0.15) is 11.5 Å². The number of likely N-dealkylation sites (N-methyl/N-ethyl adjacent to an activating group) is 1. The average Bonchev–Trinajstić information content (AvgIpc) is 2.42. The molecule has 0 amide bonds. The number of carboxylic acids is 1. The van der Waals surface area contributed by atoms with E-state index in [0.29, 0.717) is 4.48 Å². The van der Waals surface area contributed by atoms with Crippen LogP contribution in [0, 0.1) is 5.41 Å². The number of quaternary nitrogens is 1. The third-order valence-electron chi connectivity index (χ3n) is 6.09. The topological polar surface area (TPSA) is 40.1 Å². The zero-order valence-electron chi connectivity index (χ0n) is 14.8. The average molecular weight is 297 g/mol. The molecule has 1 rings (SSSR count). The van der Waals surface area contributed by atoms with Crippen molar-refractivity contribution in [3.63, 3.8) is 0 Å². The minimum Gasteiger partial charge on any atom is -0.544 e. The van der Waals surface area contributed by atoms with Gasteiger partial charge in [-0.2, -0.15) is 0 Å². The molecule has 1 saturated carbocycles. The number of hydrogen-bond donors (Lipinski definition) is 0. The number of carbonyl (C=O) groups excluding carboxylic acids is 1. The van der Waals surface area contributed by atoms with Crippen molar-refractivity contribution in [3.8, 4) is 0 Å². The number of nitrogens with zero attached hydrogens (tertiary/aromatic N) is 1. The van der Waals surface area contributed by atoms with Crippen LogP contribution in [0.15, 0.2) is 0 Å². The van der Waals surface area contributed by atoms with Crippen LogP contribution >= 0.6 is 0 Å². The molecule has 1 atom stereocenters. The highest BCUT2D eigenvalue weighted by molar-refractivity contribution is 5.76. The van der Waals surface area contributed by atoms with Crippen molar-refractivity contribution in [1.82, 2.24) is 0 Å². The van der Waals surface area contributed by atoms with Crippen LogP contribution in [0.5, 0.6) is 0 Å². The Bertz CT molecular complexity index is 340. The van der Waals surface area contributed by atoms with Crippen molar-refractivity contribution >= 4 is 5.97 Å². The fraction of sp³-hybridized carbons (Fsp3) is 0.944. The van der Waals surface area contributed by atoms with Crippen LogP contribution in [0.1, 0.15) is 78.1 Å². The molecule has 1 unspecified atom stereocenters. The number of carbonyl (C=O) groups is 1. The molecule has 0 N–H and O–H groups in total. The summed E-state index contributed by atoms with van der Waals surface area (Å²) in [4.78, 5) is 12.1. The van der Waals surface area contributed by atoms with Gasteiger partial charge in [0.05, 0.1) is 21.1 Å². The van der Waals surface area contributed by atoms with Crippen molar-refractivity contribution in [3.05, 3.63) is 0 Å². The molecule has 3 heteroatoms. The van der Waals surface area contributed by atoms with Gasteiger partial charge in [0.2, 0.25) is 0 Å². The number of rotatable bonds is 8. The summed E-state index contributed by atoms with van der Waals surface area (Å²) in [5, 5.41) is 12.1. The van der Waals surface area contributed by atoms with Crippen molar-refractivity contribution < 1.29 is 14.4 Å². The highest BCUT2D eigenvalue weighted by Gasteiger charge is 2.57.